The van der Waals surface area contributed by atoms with Crippen LogP contribution in [0.25, 0.3) is 0 Å². The van der Waals surface area contributed by atoms with Crippen LogP contribution >= 0.6 is 0 Å². The maximum absolute atomic E-state index is 14.3. The number of benzene rings is 1. The van der Waals surface area contributed by atoms with Crippen LogP contribution in [0.1, 0.15) is 30.6 Å². The lowest BCUT2D eigenvalue weighted by Crippen LogP contribution is -2.26. The number of aromatic nitrogens is 2. The van der Waals surface area contributed by atoms with Crippen molar-refractivity contribution in [3.8, 4) is 5.75 Å². The summed E-state index contributed by atoms with van der Waals surface area (Å²) in [5.74, 6) is 0.263. The van der Waals surface area contributed by atoms with Gasteiger partial charge < -0.3 is 10.1 Å². The van der Waals surface area contributed by atoms with Gasteiger partial charge in [0.05, 0.1) is 24.4 Å². The van der Waals surface area contributed by atoms with Crippen LogP contribution in [-0.2, 0) is 7.05 Å². The molecule has 1 unspecified atom stereocenters. The van der Waals surface area contributed by atoms with E-state index in [2.05, 4.69) is 17.3 Å². The molecular weight excluding hydrogens is 257 g/mol. The Labute approximate surface area is 118 Å². The normalized spacial score (nSPS) is 12.4. The van der Waals surface area contributed by atoms with Crippen LogP contribution in [0.2, 0.25) is 0 Å². The summed E-state index contributed by atoms with van der Waals surface area (Å²) in [6.07, 6.45) is 2.67. The standard InChI is InChI=1S/C15H20FN3O/c1-4-9-17-15(12-8-10-18-19(12)2)14-11(16)6-5-7-13(14)20-3/h5-8,10,15,17H,4,9H2,1-3H3. The highest BCUT2D eigenvalue weighted by atomic mass is 19.1. The predicted molar refractivity (Wildman–Crippen MR) is 76.3 cm³/mol. The van der Waals surface area contributed by atoms with Gasteiger partial charge in [-0.3, -0.25) is 4.68 Å². The quantitative estimate of drug-likeness (QED) is 0.882. The zero-order chi connectivity index (χ0) is 14.5. The van der Waals surface area contributed by atoms with Crippen LogP contribution in [0.5, 0.6) is 5.75 Å². The summed E-state index contributed by atoms with van der Waals surface area (Å²) in [4.78, 5) is 0. The molecule has 0 fully saturated rings. The second-order valence-corrected chi connectivity index (χ2v) is 4.62. The average Bonchev–Trinajstić information content (AvgIpc) is 2.87. The third-order valence-corrected chi connectivity index (χ3v) is 3.27. The second-order valence-electron chi connectivity index (χ2n) is 4.62. The van der Waals surface area contributed by atoms with Crippen LogP contribution in [0.3, 0.4) is 0 Å². The maximum atomic E-state index is 14.3. The summed E-state index contributed by atoms with van der Waals surface area (Å²) in [5, 5.41) is 7.53. The van der Waals surface area contributed by atoms with E-state index in [9.17, 15) is 4.39 Å². The number of aryl methyl sites for hydroxylation is 1. The van der Waals surface area contributed by atoms with Crippen LogP contribution in [0, 0.1) is 5.82 Å². The molecule has 0 amide bonds. The van der Waals surface area contributed by atoms with Gasteiger partial charge in [-0.1, -0.05) is 13.0 Å². The highest BCUT2D eigenvalue weighted by molar-refractivity contribution is 5.41. The number of halogens is 1. The van der Waals surface area contributed by atoms with Gasteiger partial charge in [-0.05, 0) is 31.2 Å². The SMILES string of the molecule is CCCNC(c1c(F)cccc1OC)c1ccnn1C. The summed E-state index contributed by atoms with van der Waals surface area (Å²) in [6.45, 7) is 2.86. The molecule has 0 spiro atoms. The summed E-state index contributed by atoms with van der Waals surface area (Å²) in [7, 11) is 3.40. The van der Waals surface area contributed by atoms with Crippen LogP contribution in [0.4, 0.5) is 4.39 Å². The fourth-order valence-corrected chi connectivity index (χ4v) is 2.29. The lowest BCUT2D eigenvalue weighted by atomic mass is 10.0. The Morgan fingerprint density at radius 1 is 1.40 bits per heavy atom. The average molecular weight is 277 g/mol. The molecule has 2 rings (SSSR count). The van der Waals surface area contributed by atoms with Gasteiger partial charge in [0.15, 0.2) is 0 Å². The van der Waals surface area contributed by atoms with E-state index in [4.69, 9.17) is 4.74 Å². The molecule has 2 aromatic rings. The summed E-state index contributed by atoms with van der Waals surface area (Å²) in [5.41, 5.74) is 1.42. The van der Waals surface area contributed by atoms with Gasteiger partial charge in [-0.15, -0.1) is 0 Å². The van der Waals surface area contributed by atoms with Crippen molar-refractivity contribution < 1.29 is 9.13 Å². The van der Waals surface area contributed by atoms with Crippen molar-refractivity contribution in [2.24, 2.45) is 7.05 Å². The fraction of sp³-hybridized carbons (Fsp3) is 0.400. The van der Waals surface area contributed by atoms with Gasteiger partial charge >= 0.3 is 0 Å². The minimum atomic E-state index is -0.279. The number of methoxy groups -OCH3 is 1. The van der Waals surface area contributed by atoms with Crippen LogP contribution in [0.15, 0.2) is 30.5 Å². The lowest BCUT2D eigenvalue weighted by Gasteiger charge is -2.22. The van der Waals surface area contributed by atoms with Gasteiger partial charge in [0.1, 0.15) is 11.6 Å². The van der Waals surface area contributed by atoms with E-state index in [1.165, 1.54) is 6.07 Å². The molecule has 1 atom stereocenters. The highest BCUT2D eigenvalue weighted by Crippen LogP contribution is 2.32. The van der Waals surface area contributed by atoms with Crippen LogP contribution < -0.4 is 10.1 Å². The third-order valence-electron chi connectivity index (χ3n) is 3.27. The summed E-state index contributed by atoms with van der Waals surface area (Å²) >= 11 is 0. The Morgan fingerprint density at radius 3 is 2.80 bits per heavy atom. The smallest absolute Gasteiger partial charge is 0.132 e. The minimum absolute atomic E-state index is 0.279. The molecule has 1 aromatic carbocycles. The van der Waals surface area contributed by atoms with Crippen molar-refractivity contribution >= 4 is 0 Å². The first-order valence-corrected chi connectivity index (χ1v) is 6.72. The first kappa shape index (κ1) is 14.5. The number of hydrogen-bond acceptors (Lipinski definition) is 3. The van der Waals surface area contributed by atoms with Gasteiger partial charge in [-0.2, -0.15) is 5.10 Å². The molecule has 0 aliphatic carbocycles. The zero-order valence-corrected chi connectivity index (χ0v) is 12.1. The largest absolute Gasteiger partial charge is 0.496 e. The molecule has 0 bridgehead atoms. The summed E-state index contributed by atoms with van der Waals surface area (Å²) in [6, 6.07) is 6.49. The Morgan fingerprint density at radius 2 is 2.20 bits per heavy atom. The van der Waals surface area contributed by atoms with Crippen molar-refractivity contribution in [2.45, 2.75) is 19.4 Å². The molecular formula is C15H20FN3O. The summed E-state index contributed by atoms with van der Waals surface area (Å²) < 4.78 is 21.4. The van der Waals surface area contributed by atoms with Gasteiger partial charge in [-0.25, -0.2) is 4.39 Å². The first-order chi connectivity index (χ1) is 9.69. The number of nitrogens with zero attached hydrogens (tertiary/aromatic N) is 2. The van der Waals surface area contributed by atoms with E-state index < -0.39 is 0 Å². The number of nitrogens with one attached hydrogen (secondary N) is 1. The molecule has 108 valence electrons. The molecule has 0 saturated heterocycles. The van der Waals surface area contributed by atoms with E-state index in [-0.39, 0.29) is 11.9 Å². The molecule has 20 heavy (non-hydrogen) atoms. The van der Waals surface area contributed by atoms with E-state index in [1.807, 2.05) is 13.1 Å². The van der Waals surface area contributed by atoms with Gasteiger partial charge in [0, 0.05) is 13.2 Å². The maximum Gasteiger partial charge on any atom is 0.132 e. The second kappa shape index (κ2) is 6.52. The Balaban J connectivity index is 2.49. The Bertz CT molecular complexity index is 568. The fourth-order valence-electron chi connectivity index (χ4n) is 2.29. The van der Waals surface area contributed by atoms with Crippen molar-refractivity contribution in [1.82, 2.24) is 15.1 Å². The topological polar surface area (TPSA) is 39.1 Å². The number of ether oxygens (including phenoxy) is 1. The molecule has 1 heterocycles. The van der Waals surface area contributed by atoms with Crippen molar-refractivity contribution in [1.29, 1.82) is 0 Å². The highest BCUT2D eigenvalue weighted by Gasteiger charge is 2.23. The molecule has 5 heteroatoms. The van der Waals surface area contributed by atoms with Crippen LogP contribution in [-0.4, -0.2) is 23.4 Å². The van der Waals surface area contributed by atoms with E-state index in [0.717, 1.165) is 18.7 Å². The number of rotatable bonds is 6. The van der Waals surface area contributed by atoms with E-state index >= 15 is 0 Å². The van der Waals surface area contributed by atoms with E-state index in [0.29, 0.717) is 11.3 Å². The zero-order valence-electron chi connectivity index (χ0n) is 12.1. The third kappa shape index (κ3) is 2.82. The first-order valence-electron chi connectivity index (χ1n) is 6.72. The molecule has 4 nitrogen and oxygen atoms in total. The monoisotopic (exact) mass is 277 g/mol. The molecule has 0 saturated carbocycles. The lowest BCUT2D eigenvalue weighted by molar-refractivity contribution is 0.394. The number of hydrogen-bond donors (Lipinski definition) is 1. The van der Waals surface area contributed by atoms with Crippen molar-refractivity contribution in [3.05, 3.63) is 47.5 Å². The molecule has 1 N–H and O–H groups in total. The molecule has 0 radical (unpaired) electrons. The van der Waals surface area contributed by atoms with Gasteiger partial charge in [0.25, 0.3) is 0 Å². The predicted octanol–water partition coefficient (Wildman–Crippen LogP) is 2.66. The van der Waals surface area contributed by atoms with Gasteiger partial charge in [0.2, 0.25) is 0 Å². The Kier molecular flexibility index (Phi) is 4.74. The Hall–Kier alpha value is -1.88. The van der Waals surface area contributed by atoms with Crippen molar-refractivity contribution in [3.63, 3.8) is 0 Å². The molecule has 0 aliphatic rings. The molecule has 0 aliphatic heterocycles. The van der Waals surface area contributed by atoms with E-state index in [1.54, 1.807) is 30.1 Å². The minimum Gasteiger partial charge on any atom is -0.496 e. The molecule has 1 aromatic heterocycles. The van der Waals surface area contributed by atoms with Crippen molar-refractivity contribution in [2.75, 3.05) is 13.7 Å².